The molecule has 1 unspecified atom stereocenters. The number of aliphatic imine (C=N–C) groups is 1. The van der Waals surface area contributed by atoms with E-state index in [0.717, 1.165) is 29.7 Å². The van der Waals surface area contributed by atoms with E-state index in [1.165, 1.54) is 0 Å². The van der Waals surface area contributed by atoms with Crippen molar-refractivity contribution < 1.29 is 9.57 Å². The van der Waals surface area contributed by atoms with Gasteiger partial charge in [-0.3, -0.25) is 9.83 Å². The van der Waals surface area contributed by atoms with Crippen LogP contribution in [0.15, 0.2) is 53.5 Å². The van der Waals surface area contributed by atoms with Crippen molar-refractivity contribution in [3.05, 3.63) is 81.0 Å². The zero-order chi connectivity index (χ0) is 23.0. The van der Waals surface area contributed by atoms with Gasteiger partial charge in [0.25, 0.3) is 0 Å². The second-order valence-electron chi connectivity index (χ2n) is 8.28. The van der Waals surface area contributed by atoms with Crippen molar-refractivity contribution in [3.8, 4) is 11.6 Å². The zero-order valence-corrected chi connectivity index (χ0v) is 20.1. The van der Waals surface area contributed by atoms with Gasteiger partial charge >= 0.3 is 0 Å². The number of hydroxylamine groups is 1. The molecule has 170 valence electrons. The van der Waals surface area contributed by atoms with E-state index in [-0.39, 0.29) is 10.9 Å². The van der Waals surface area contributed by atoms with Gasteiger partial charge in [0.05, 0.1) is 28.8 Å². The Bertz CT molecular complexity index is 1230. The third-order valence-corrected chi connectivity index (χ3v) is 6.80. The maximum Gasteiger partial charge on any atom is 0.250 e. The monoisotopic (exact) mass is 502 g/mol. The maximum absolute atomic E-state index is 6.57. The van der Waals surface area contributed by atoms with Gasteiger partial charge < -0.3 is 4.74 Å². The van der Waals surface area contributed by atoms with Crippen LogP contribution in [0, 0.1) is 6.92 Å². The highest BCUT2D eigenvalue weighted by molar-refractivity contribution is 6.35. The molecular formula is C24H21Cl3N4O2. The van der Waals surface area contributed by atoms with E-state index in [1.54, 1.807) is 6.07 Å². The summed E-state index contributed by atoms with van der Waals surface area (Å²) in [5, 5.41) is 9.64. The number of amidine groups is 1. The Hall–Kier alpha value is -2.38. The number of aryl methyl sites for hydroxylation is 1. The number of benzene rings is 2. The summed E-state index contributed by atoms with van der Waals surface area (Å²) in [7, 11) is 0. The average molecular weight is 504 g/mol. The van der Waals surface area contributed by atoms with Gasteiger partial charge in [-0.05, 0) is 67.6 Å². The molecule has 1 aliphatic carbocycles. The molecule has 0 spiro atoms. The normalized spacial score (nSPS) is 18.9. The molecule has 9 heteroatoms. The molecule has 1 saturated carbocycles. The molecule has 1 aromatic heterocycles. The fourth-order valence-corrected chi connectivity index (χ4v) is 4.39. The molecule has 5 rings (SSSR count). The number of ether oxygens (including phenoxy) is 1. The standard InChI is InChI=1S/C24H21Cl3N4O2/c1-14-9-20(22-28-18(13-32-31-22)10-15-5-6-17(25)12-21(15)26)23(30-29-14)33-19-4-2-3-16(11-19)24(27)7-8-24/h2-6,9,11-12,18H,7-8,10,13H2,1H3,(H,28,31). The second kappa shape index (κ2) is 9.11. The van der Waals surface area contributed by atoms with Crippen molar-refractivity contribution in [1.29, 1.82) is 0 Å². The molecule has 0 saturated heterocycles. The van der Waals surface area contributed by atoms with Gasteiger partial charge in [0.1, 0.15) is 5.75 Å². The minimum Gasteiger partial charge on any atom is -0.437 e. The van der Waals surface area contributed by atoms with Gasteiger partial charge in [0, 0.05) is 10.0 Å². The van der Waals surface area contributed by atoms with Gasteiger partial charge in [0.15, 0.2) is 5.84 Å². The molecule has 0 radical (unpaired) electrons. The predicted molar refractivity (Wildman–Crippen MR) is 130 cm³/mol. The van der Waals surface area contributed by atoms with E-state index < -0.39 is 0 Å². The fraction of sp³-hybridized carbons (Fsp3) is 0.292. The summed E-state index contributed by atoms with van der Waals surface area (Å²) in [4.78, 5) is 10.2. The van der Waals surface area contributed by atoms with Gasteiger partial charge in [-0.1, -0.05) is 41.4 Å². The van der Waals surface area contributed by atoms with Crippen LogP contribution in [0.25, 0.3) is 0 Å². The third kappa shape index (κ3) is 5.09. The van der Waals surface area contributed by atoms with E-state index in [0.29, 0.717) is 46.1 Å². The zero-order valence-electron chi connectivity index (χ0n) is 17.8. The van der Waals surface area contributed by atoms with E-state index >= 15 is 0 Å². The molecule has 2 aromatic carbocycles. The van der Waals surface area contributed by atoms with Crippen LogP contribution >= 0.6 is 34.8 Å². The Morgan fingerprint density at radius 1 is 1.12 bits per heavy atom. The largest absolute Gasteiger partial charge is 0.437 e. The summed E-state index contributed by atoms with van der Waals surface area (Å²) in [5.74, 6) is 1.49. The Morgan fingerprint density at radius 2 is 1.97 bits per heavy atom. The molecule has 2 aliphatic rings. The fourth-order valence-electron chi connectivity index (χ4n) is 3.69. The van der Waals surface area contributed by atoms with Crippen LogP contribution in [0.1, 0.15) is 35.2 Å². The van der Waals surface area contributed by atoms with Crippen LogP contribution < -0.4 is 10.2 Å². The van der Waals surface area contributed by atoms with Crippen LogP contribution in [0.2, 0.25) is 10.0 Å². The summed E-state index contributed by atoms with van der Waals surface area (Å²) in [6.07, 6.45) is 2.53. The van der Waals surface area contributed by atoms with E-state index in [9.17, 15) is 0 Å². The number of hydrogen-bond donors (Lipinski definition) is 1. The molecule has 0 amide bonds. The minimum atomic E-state index is -0.278. The summed E-state index contributed by atoms with van der Waals surface area (Å²) in [6, 6.07) is 14.9. The first kappa shape index (κ1) is 22.4. The number of alkyl halides is 1. The molecule has 3 aromatic rings. The van der Waals surface area contributed by atoms with E-state index in [1.807, 2.05) is 49.4 Å². The minimum absolute atomic E-state index is 0.143. The number of nitrogens with one attached hydrogen (secondary N) is 1. The quantitative estimate of drug-likeness (QED) is 0.418. The molecule has 33 heavy (non-hydrogen) atoms. The topological polar surface area (TPSA) is 68.6 Å². The number of halogens is 3. The van der Waals surface area contributed by atoms with Gasteiger partial charge in [-0.25, -0.2) is 5.48 Å². The van der Waals surface area contributed by atoms with Gasteiger partial charge in [-0.15, -0.1) is 16.7 Å². The molecular weight excluding hydrogens is 483 g/mol. The van der Waals surface area contributed by atoms with Crippen LogP contribution in [0.5, 0.6) is 11.6 Å². The lowest BCUT2D eigenvalue weighted by atomic mass is 10.1. The van der Waals surface area contributed by atoms with Crippen molar-refractivity contribution in [3.63, 3.8) is 0 Å². The van der Waals surface area contributed by atoms with Crippen LogP contribution in [0.4, 0.5) is 0 Å². The maximum atomic E-state index is 6.57. The Kier molecular flexibility index (Phi) is 6.18. The summed E-state index contributed by atoms with van der Waals surface area (Å²) >= 11 is 18.9. The van der Waals surface area contributed by atoms with Crippen LogP contribution in [-0.4, -0.2) is 28.7 Å². The highest BCUT2D eigenvalue weighted by atomic mass is 35.5. The van der Waals surface area contributed by atoms with Gasteiger partial charge in [0.2, 0.25) is 5.88 Å². The number of aromatic nitrogens is 2. The SMILES string of the molecule is Cc1cc(C2=NC(Cc3ccc(Cl)cc3Cl)CON2)c(Oc2cccc(C3(Cl)CC3)c2)nn1. The van der Waals surface area contributed by atoms with Crippen molar-refractivity contribution in [2.24, 2.45) is 4.99 Å². The lowest BCUT2D eigenvalue weighted by Gasteiger charge is -2.23. The second-order valence-corrected chi connectivity index (χ2v) is 9.85. The molecule has 0 bridgehead atoms. The number of rotatable bonds is 6. The molecule has 1 fully saturated rings. The summed E-state index contributed by atoms with van der Waals surface area (Å²) in [5.41, 5.74) is 6.28. The Balaban J connectivity index is 1.42. The highest BCUT2D eigenvalue weighted by Gasteiger charge is 2.42. The highest BCUT2D eigenvalue weighted by Crippen LogP contribution is 2.52. The third-order valence-electron chi connectivity index (χ3n) is 5.62. The molecule has 1 N–H and O–H groups in total. The smallest absolute Gasteiger partial charge is 0.250 e. The lowest BCUT2D eigenvalue weighted by molar-refractivity contribution is 0.0623. The summed E-state index contributed by atoms with van der Waals surface area (Å²) in [6.45, 7) is 2.26. The number of hydrogen-bond acceptors (Lipinski definition) is 6. The first-order valence-electron chi connectivity index (χ1n) is 10.6. The molecule has 1 aliphatic heterocycles. The summed E-state index contributed by atoms with van der Waals surface area (Å²) < 4.78 is 6.12. The van der Waals surface area contributed by atoms with E-state index in [4.69, 9.17) is 49.4 Å². The Morgan fingerprint density at radius 3 is 2.76 bits per heavy atom. The predicted octanol–water partition coefficient (Wildman–Crippen LogP) is 6.00. The molecule has 6 nitrogen and oxygen atoms in total. The molecule has 1 atom stereocenters. The Labute approximate surface area is 206 Å². The number of nitrogens with zero attached hydrogens (tertiary/aromatic N) is 3. The van der Waals surface area contributed by atoms with Crippen molar-refractivity contribution in [2.75, 3.05) is 6.61 Å². The lowest BCUT2D eigenvalue weighted by Crippen LogP contribution is -2.37. The van der Waals surface area contributed by atoms with Gasteiger partial charge in [-0.2, -0.15) is 5.10 Å². The molecule has 2 heterocycles. The van der Waals surface area contributed by atoms with Crippen molar-refractivity contribution in [1.82, 2.24) is 15.7 Å². The average Bonchev–Trinajstić information content (AvgIpc) is 3.56. The first-order chi connectivity index (χ1) is 15.9. The van der Waals surface area contributed by atoms with Crippen molar-refractivity contribution in [2.45, 2.75) is 37.1 Å². The first-order valence-corrected chi connectivity index (χ1v) is 11.7. The van der Waals surface area contributed by atoms with Crippen molar-refractivity contribution >= 4 is 40.6 Å². The van der Waals surface area contributed by atoms with Crippen LogP contribution in [-0.2, 0) is 16.1 Å². The van der Waals surface area contributed by atoms with Crippen LogP contribution in [0.3, 0.4) is 0 Å². The van der Waals surface area contributed by atoms with E-state index in [2.05, 4.69) is 15.7 Å².